The maximum absolute atomic E-state index is 10.4. The molecule has 0 aliphatic rings. The highest BCUT2D eigenvalue weighted by Crippen LogP contribution is 2.15. The minimum Gasteiger partial charge on any atom is -0.396 e. The van der Waals surface area contributed by atoms with Crippen LogP contribution in [0.5, 0.6) is 0 Å². The Balaban J connectivity index is 2.84. The Bertz CT molecular complexity index is 383. The highest BCUT2D eigenvalue weighted by atomic mass is 16.6. The standard InChI is InChI=1S/C11H13NO4/c13-6-5-10(8-14)7-9-1-3-11(4-2-9)12(15)16/h1-4,7,13-14H,5-6,8H2/b10-7-. The molecule has 0 bridgehead atoms. The third-order valence-electron chi connectivity index (χ3n) is 2.11. The van der Waals surface area contributed by atoms with Crippen molar-refractivity contribution in [2.24, 2.45) is 0 Å². The minimum absolute atomic E-state index is 0.0284. The van der Waals surface area contributed by atoms with Crippen LogP contribution in [-0.4, -0.2) is 28.4 Å². The van der Waals surface area contributed by atoms with Gasteiger partial charge in [-0.2, -0.15) is 0 Å². The monoisotopic (exact) mass is 223 g/mol. The molecule has 1 rings (SSSR count). The molecular formula is C11H13NO4. The van der Waals surface area contributed by atoms with Crippen LogP contribution in [0.2, 0.25) is 0 Å². The summed E-state index contributed by atoms with van der Waals surface area (Å²) in [5.74, 6) is 0. The van der Waals surface area contributed by atoms with E-state index in [2.05, 4.69) is 0 Å². The number of aliphatic hydroxyl groups is 2. The zero-order valence-corrected chi connectivity index (χ0v) is 8.67. The molecule has 0 aliphatic heterocycles. The Kier molecular flexibility index (Phi) is 4.63. The van der Waals surface area contributed by atoms with Gasteiger partial charge in [-0.3, -0.25) is 10.1 Å². The number of aliphatic hydroxyl groups excluding tert-OH is 2. The summed E-state index contributed by atoms with van der Waals surface area (Å²) in [4.78, 5) is 9.95. The SMILES string of the molecule is O=[N+]([O-])c1ccc(/C=C(\CO)CCO)cc1. The predicted octanol–water partition coefficient (Wildman–Crippen LogP) is 1.35. The van der Waals surface area contributed by atoms with Gasteiger partial charge in [0.25, 0.3) is 5.69 Å². The Labute approximate surface area is 92.8 Å². The third kappa shape index (κ3) is 3.45. The second kappa shape index (κ2) is 5.99. The van der Waals surface area contributed by atoms with Gasteiger partial charge in [-0.25, -0.2) is 0 Å². The van der Waals surface area contributed by atoms with Crippen molar-refractivity contribution in [2.45, 2.75) is 6.42 Å². The van der Waals surface area contributed by atoms with Crippen molar-refractivity contribution in [3.8, 4) is 0 Å². The van der Waals surface area contributed by atoms with Gasteiger partial charge in [-0.1, -0.05) is 6.08 Å². The van der Waals surface area contributed by atoms with E-state index in [1.807, 2.05) is 0 Å². The molecule has 0 atom stereocenters. The molecule has 0 unspecified atom stereocenters. The van der Waals surface area contributed by atoms with Crippen molar-refractivity contribution in [1.29, 1.82) is 0 Å². The summed E-state index contributed by atoms with van der Waals surface area (Å²) in [6.45, 7) is -0.156. The number of nitrogens with zero attached hydrogens (tertiary/aromatic N) is 1. The van der Waals surface area contributed by atoms with E-state index in [0.29, 0.717) is 12.0 Å². The predicted molar refractivity (Wildman–Crippen MR) is 59.9 cm³/mol. The normalized spacial score (nSPS) is 11.5. The fraction of sp³-hybridized carbons (Fsp3) is 0.273. The Morgan fingerprint density at radius 1 is 1.31 bits per heavy atom. The van der Waals surface area contributed by atoms with Gasteiger partial charge in [0, 0.05) is 18.7 Å². The van der Waals surface area contributed by atoms with E-state index in [1.165, 1.54) is 12.1 Å². The largest absolute Gasteiger partial charge is 0.396 e. The quantitative estimate of drug-likeness (QED) is 0.583. The first kappa shape index (κ1) is 12.4. The molecule has 5 heteroatoms. The van der Waals surface area contributed by atoms with Gasteiger partial charge in [0.1, 0.15) is 0 Å². The van der Waals surface area contributed by atoms with Crippen LogP contribution >= 0.6 is 0 Å². The number of non-ortho nitro benzene ring substituents is 1. The maximum Gasteiger partial charge on any atom is 0.269 e. The smallest absolute Gasteiger partial charge is 0.269 e. The lowest BCUT2D eigenvalue weighted by atomic mass is 10.1. The van der Waals surface area contributed by atoms with Gasteiger partial charge < -0.3 is 10.2 Å². The molecule has 0 aromatic heterocycles. The number of nitro groups is 1. The lowest BCUT2D eigenvalue weighted by Crippen LogP contribution is -1.94. The number of hydrogen-bond donors (Lipinski definition) is 2. The molecule has 5 nitrogen and oxygen atoms in total. The van der Waals surface area contributed by atoms with Crippen LogP contribution in [0.1, 0.15) is 12.0 Å². The average molecular weight is 223 g/mol. The first-order valence-corrected chi connectivity index (χ1v) is 4.83. The summed E-state index contributed by atoms with van der Waals surface area (Å²) >= 11 is 0. The molecule has 0 radical (unpaired) electrons. The number of benzene rings is 1. The van der Waals surface area contributed by atoms with Crippen LogP contribution in [0.25, 0.3) is 6.08 Å². The molecule has 0 amide bonds. The highest BCUT2D eigenvalue weighted by molar-refractivity contribution is 5.54. The molecule has 16 heavy (non-hydrogen) atoms. The van der Waals surface area contributed by atoms with E-state index in [9.17, 15) is 10.1 Å². The summed E-state index contributed by atoms with van der Waals surface area (Å²) < 4.78 is 0. The first-order valence-electron chi connectivity index (χ1n) is 4.83. The summed E-state index contributed by atoms with van der Waals surface area (Å²) in [7, 11) is 0. The van der Waals surface area contributed by atoms with Crippen LogP contribution in [-0.2, 0) is 0 Å². The van der Waals surface area contributed by atoms with Crippen molar-refractivity contribution >= 4 is 11.8 Å². The lowest BCUT2D eigenvalue weighted by molar-refractivity contribution is -0.384. The fourth-order valence-electron chi connectivity index (χ4n) is 1.27. The minimum atomic E-state index is -0.464. The van der Waals surface area contributed by atoms with Crippen LogP contribution < -0.4 is 0 Å². The molecule has 0 spiro atoms. The Morgan fingerprint density at radius 2 is 1.94 bits per heavy atom. The topological polar surface area (TPSA) is 83.6 Å². The van der Waals surface area contributed by atoms with Crippen molar-refractivity contribution < 1.29 is 15.1 Å². The Hall–Kier alpha value is -1.72. The Morgan fingerprint density at radius 3 is 2.38 bits per heavy atom. The molecule has 2 N–H and O–H groups in total. The summed E-state index contributed by atoms with van der Waals surface area (Å²) in [5, 5.41) is 28.1. The van der Waals surface area contributed by atoms with Crippen LogP contribution in [0.15, 0.2) is 29.8 Å². The van der Waals surface area contributed by atoms with Gasteiger partial charge >= 0.3 is 0 Å². The van der Waals surface area contributed by atoms with Gasteiger partial charge in [0.05, 0.1) is 11.5 Å². The zero-order valence-electron chi connectivity index (χ0n) is 8.67. The molecule has 0 aliphatic carbocycles. The van der Waals surface area contributed by atoms with Gasteiger partial charge in [0.2, 0.25) is 0 Å². The average Bonchev–Trinajstić information content (AvgIpc) is 2.29. The third-order valence-corrected chi connectivity index (χ3v) is 2.11. The van der Waals surface area contributed by atoms with Gasteiger partial charge in [-0.05, 0) is 29.7 Å². The molecule has 1 aromatic carbocycles. The molecule has 1 aromatic rings. The second-order valence-corrected chi connectivity index (χ2v) is 3.28. The lowest BCUT2D eigenvalue weighted by Gasteiger charge is -2.01. The van der Waals surface area contributed by atoms with E-state index >= 15 is 0 Å². The van der Waals surface area contributed by atoms with Gasteiger partial charge in [-0.15, -0.1) is 0 Å². The summed E-state index contributed by atoms with van der Waals surface area (Å²) in [5.41, 5.74) is 1.49. The zero-order chi connectivity index (χ0) is 12.0. The van der Waals surface area contributed by atoms with E-state index in [-0.39, 0.29) is 18.9 Å². The van der Waals surface area contributed by atoms with Gasteiger partial charge in [0.15, 0.2) is 0 Å². The molecule has 0 saturated heterocycles. The second-order valence-electron chi connectivity index (χ2n) is 3.28. The summed E-state index contributed by atoms with van der Waals surface area (Å²) in [6, 6.07) is 6.01. The highest BCUT2D eigenvalue weighted by Gasteiger charge is 2.03. The number of hydrogen-bond acceptors (Lipinski definition) is 4. The van der Waals surface area contributed by atoms with Crippen LogP contribution in [0.3, 0.4) is 0 Å². The fourth-order valence-corrected chi connectivity index (χ4v) is 1.27. The van der Waals surface area contributed by atoms with E-state index in [4.69, 9.17) is 10.2 Å². The maximum atomic E-state index is 10.4. The summed E-state index contributed by atoms with van der Waals surface area (Å²) in [6.07, 6.45) is 2.10. The van der Waals surface area contributed by atoms with Crippen molar-refractivity contribution in [1.82, 2.24) is 0 Å². The first-order chi connectivity index (χ1) is 7.67. The van der Waals surface area contributed by atoms with E-state index in [1.54, 1.807) is 18.2 Å². The van der Waals surface area contributed by atoms with Crippen LogP contribution in [0, 0.1) is 10.1 Å². The van der Waals surface area contributed by atoms with E-state index < -0.39 is 4.92 Å². The molecule has 0 heterocycles. The molecule has 0 fully saturated rings. The van der Waals surface area contributed by atoms with Crippen molar-refractivity contribution in [3.63, 3.8) is 0 Å². The molecule has 0 saturated carbocycles. The van der Waals surface area contributed by atoms with Crippen molar-refractivity contribution in [3.05, 3.63) is 45.5 Å². The molecular weight excluding hydrogens is 210 g/mol. The van der Waals surface area contributed by atoms with Crippen molar-refractivity contribution in [2.75, 3.05) is 13.2 Å². The van der Waals surface area contributed by atoms with E-state index in [0.717, 1.165) is 5.56 Å². The number of rotatable bonds is 5. The number of nitro benzene ring substituents is 1. The van der Waals surface area contributed by atoms with Crippen LogP contribution in [0.4, 0.5) is 5.69 Å². The molecule has 86 valence electrons.